The zero-order valence-electron chi connectivity index (χ0n) is 9.66. The first-order chi connectivity index (χ1) is 9.08. The van der Waals surface area contributed by atoms with E-state index in [1.54, 1.807) is 24.3 Å². The van der Waals surface area contributed by atoms with Gasteiger partial charge in [0.15, 0.2) is 0 Å². The lowest BCUT2D eigenvalue weighted by molar-refractivity contribution is 0.303. The van der Waals surface area contributed by atoms with Crippen molar-refractivity contribution < 1.29 is 9.13 Å². The first-order valence-corrected chi connectivity index (χ1v) is 6.53. The second-order valence-electron chi connectivity index (χ2n) is 3.82. The molecule has 0 aromatic heterocycles. The van der Waals surface area contributed by atoms with Gasteiger partial charge < -0.3 is 4.74 Å². The summed E-state index contributed by atoms with van der Waals surface area (Å²) >= 11 is 9.15. The predicted molar refractivity (Wildman–Crippen MR) is 74.6 cm³/mol. The summed E-state index contributed by atoms with van der Waals surface area (Å²) in [7, 11) is 0. The maximum atomic E-state index is 13.2. The number of nitriles is 1. The lowest BCUT2D eigenvalue weighted by Crippen LogP contribution is -1.97. The molecule has 0 aliphatic heterocycles. The Hall–Kier alpha value is -1.57. The minimum atomic E-state index is -0.451. The fraction of sp³-hybridized carbons (Fsp3) is 0.0714. The Bertz CT molecular complexity index is 654. The van der Waals surface area contributed by atoms with Crippen molar-refractivity contribution in [3.05, 3.63) is 62.8 Å². The molecule has 5 heteroatoms. The highest BCUT2D eigenvalue weighted by molar-refractivity contribution is 9.10. The average molecular weight is 341 g/mol. The van der Waals surface area contributed by atoms with E-state index in [1.165, 1.54) is 12.1 Å². The molecule has 96 valence electrons. The molecular formula is C14H8BrClFNO. The third kappa shape index (κ3) is 3.69. The van der Waals surface area contributed by atoms with E-state index >= 15 is 0 Å². The molecule has 2 aromatic carbocycles. The molecule has 0 saturated heterocycles. The minimum absolute atomic E-state index is 0.173. The van der Waals surface area contributed by atoms with Gasteiger partial charge in [0.1, 0.15) is 18.2 Å². The quantitative estimate of drug-likeness (QED) is 0.812. The van der Waals surface area contributed by atoms with Gasteiger partial charge >= 0.3 is 0 Å². The van der Waals surface area contributed by atoms with Crippen LogP contribution in [0.5, 0.6) is 5.75 Å². The van der Waals surface area contributed by atoms with Crippen molar-refractivity contribution in [2.75, 3.05) is 0 Å². The van der Waals surface area contributed by atoms with Gasteiger partial charge in [-0.3, -0.25) is 0 Å². The maximum absolute atomic E-state index is 13.2. The third-order valence-corrected chi connectivity index (χ3v) is 3.23. The second kappa shape index (κ2) is 6.05. The molecule has 0 N–H and O–H groups in total. The summed E-state index contributed by atoms with van der Waals surface area (Å²) in [5.74, 6) is 0.153. The topological polar surface area (TPSA) is 33.0 Å². The van der Waals surface area contributed by atoms with Crippen molar-refractivity contribution in [3.63, 3.8) is 0 Å². The lowest BCUT2D eigenvalue weighted by Gasteiger charge is -2.09. The van der Waals surface area contributed by atoms with E-state index in [0.29, 0.717) is 16.3 Å². The Balaban J connectivity index is 2.14. The van der Waals surface area contributed by atoms with Crippen LogP contribution in [-0.2, 0) is 6.61 Å². The summed E-state index contributed by atoms with van der Waals surface area (Å²) in [6.07, 6.45) is 0. The molecule has 19 heavy (non-hydrogen) atoms. The largest absolute Gasteiger partial charge is 0.488 e. The van der Waals surface area contributed by atoms with E-state index in [0.717, 1.165) is 4.47 Å². The molecule has 0 radical (unpaired) electrons. The van der Waals surface area contributed by atoms with E-state index in [9.17, 15) is 4.39 Å². The summed E-state index contributed by atoms with van der Waals surface area (Å²) < 4.78 is 19.5. The fourth-order valence-electron chi connectivity index (χ4n) is 1.55. The Morgan fingerprint density at radius 1 is 1.26 bits per heavy atom. The number of ether oxygens (including phenoxy) is 1. The van der Waals surface area contributed by atoms with Crippen molar-refractivity contribution in [1.82, 2.24) is 0 Å². The smallest absolute Gasteiger partial charge is 0.134 e. The van der Waals surface area contributed by atoms with Gasteiger partial charge in [-0.1, -0.05) is 11.6 Å². The zero-order chi connectivity index (χ0) is 13.8. The summed E-state index contributed by atoms with van der Waals surface area (Å²) in [4.78, 5) is 0. The molecule has 0 saturated carbocycles. The van der Waals surface area contributed by atoms with Crippen LogP contribution in [0.15, 0.2) is 40.9 Å². The van der Waals surface area contributed by atoms with Crippen LogP contribution in [0.1, 0.15) is 11.1 Å². The molecule has 0 aliphatic carbocycles. The van der Waals surface area contributed by atoms with Crippen LogP contribution >= 0.6 is 27.5 Å². The van der Waals surface area contributed by atoms with Gasteiger partial charge in [0.2, 0.25) is 0 Å². The number of nitrogens with zero attached hydrogens (tertiary/aromatic N) is 1. The Labute approximate surface area is 123 Å². The summed E-state index contributed by atoms with van der Waals surface area (Å²) in [6.45, 7) is 0.173. The molecule has 0 unspecified atom stereocenters. The average Bonchev–Trinajstić information content (AvgIpc) is 2.37. The van der Waals surface area contributed by atoms with Crippen LogP contribution in [0.25, 0.3) is 0 Å². The highest BCUT2D eigenvalue weighted by Gasteiger charge is 2.05. The Morgan fingerprint density at radius 3 is 2.74 bits per heavy atom. The minimum Gasteiger partial charge on any atom is -0.488 e. The first-order valence-electron chi connectivity index (χ1n) is 5.36. The lowest BCUT2D eigenvalue weighted by atomic mass is 10.1. The molecule has 0 fully saturated rings. The van der Waals surface area contributed by atoms with Crippen LogP contribution in [0, 0.1) is 17.1 Å². The van der Waals surface area contributed by atoms with Crippen LogP contribution in [0.3, 0.4) is 0 Å². The molecule has 0 amide bonds. The van der Waals surface area contributed by atoms with Gasteiger partial charge in [0.25, 0.3) is 0 Å². The van der Waals surface area contributed by atoms with E-state index in [1.807, 2.05) is 6.07 Å². The number of halogens is 3. The Morgan fingerprint density at radius 2 is 2.05 bits per heavy atom. The molecule has 0 heterocycles. The number of benzene rings is 2. The van der Waals surface area contributed by atoms with Gasteiger partial charge in [-0.05, 0) is 57.9 Å². The molecule has 2 aromatic rings. The normalized spacial score (nSPS) is 10.0. The summed E-state index contributed by atoms with van der Waals surface area (Å²) in [6, 6.07) is 11.1. The first kappa shape index (κ1) is 13.9. The molecule has 0 aliphatic rings. The van der Waals surface area contributed by atoms with Crippen molar-refractivity contribution in [1.29, 1.82) is 5.26 Å². The van der Waals surface area contributed by atoms with Gasteiger partial charge in [0.05, 0.1) is 16.1 Å². The molecular weight excluding hydrogens is 333 g/mol. The van der Waals surface area contributed by atoms with Gasteiger partial charge in [-0.15, -0.1) is 0 Å². The second-order valence-corrected chi connectivity index (χ2v) is 5.11. The number of hydrogen-bond acceptors (Lipinski definition) is 2. The SMILES string of the molecule is N#Cc1cc(F)cc(COc2ccc(Cl)cc2Br)c1. The standard InChI is InChI=1S/C14H8BrClFNO/c15-13-6-11(16)1-2-14(13)19-8-10-3-9(7-18)4-12(17)5-10/h1-6H,8H2. The molecule has 0 spiro atoms. The highest BCUT2D eigenvalue weighted by Crippen LogP contribution is 2.28. The van der Waals surface area contributed by atoms with Gasteiger partial charge in [-0.2, -0.15) is 5.26 Å². The van der Waals surface area contributed by atoms with Crippen molar-refractivity contribution in [2.24, 2.45) is 0 Å². The van der Waals surface area contributed by atoms with Crippen LogP contribution < -0.4 is 4.74 Å². The fourth-order valence-corrected chi connectivity index (χ4v) is 2.35. The summed E-state index contributed by atoms with van der Waals surface area (Å²) in [5.41, 5.74) is 0.868. The molecule has 2 nitrogen and oxygen atoms in total. The van der Waals surface area contributed by atoms with Gasteiger partial charge in [0, 0.05) is 5.02 Å². The zero-order valence-corrected chi connectivity index (χ0v) is 12.0. The highest BCUT2D eigenvalue weighted by atomic mass is 79.9. The van der Waals surface area contributed by atoms with E-state index in [2.05, 4.69) is 15.9 Å². The van der Waals surface area contributed by atoms with Crippen molar-refractivity contribution in [2.45, 2.75) is 6.61 Å². The van der Waals surface area contributed by atoms with E-state index < -0.39 is 5.82 Å². The van der Waals surface area contributed by atoms with E-state index in [-0.39, 0.29) is 12.2 Å². The number of hydrogen-bond donors (Lipinski definition) is 0. The monoisotopic (exact) mass is 339 g/mol. The molecule has 0 bridgehead atoms. The van der Waals surface area contributed by atoms with Crippen LogP contribution in [0.2, 0.25) is 5.02 Å². The molecule has 2 rings (SSSR count). The molecule has 0 atom stereocenters. The maximum Gasteiger partial charge on any atom is 0.134 e. The van der Waals surface area contributed by atoms with Crippen molar-refractivity contribution in [3.8, 4) is 11.8 Å². The third-order valence-electron chi connectivity index (χ3n) is 2.37. The van der Waals surface area contributed by atoms with Crippen LogP contribution in [0.4, 0.5) is 4.39 Å². The van der Waals surface area contributed by atoms with Crippen molar-refractivity contribution >= 4 is 27.5 Å². The number of rotatable bonds is 3. The van der Waals surface area contributed by atoms with E-state index in [4.69, 9.17) is 21.6 Å². The van der Waals surface area contributed by atoms with Gasteiger partial charge in [-0.25, -0.2) is 4.39 Å². The predicted octanol–water partition coefficient (Wildman–Crippen LogP) is 4.69. The summed E-state index contributed by atoms with van der Waals surface area (Å²) in [5, 5.41) is 9.36. The Kier molecular flexibility index (Phi) is 4.41. The van der Waals surface area contributed by atoms with Crippen LogP contribution in [-0.4, -0.2) is 0 Å².